The number of aromatic hydroxyl groups is 1. The van der Waals surface area contributed by atoms with E-state index in [0.717, 1.165) is 17.8 Å². The summed E-state index contributed by atoms with van der Waals surface area (Å²) in [6.07, 6.45) is 0.966. The second kappa shape index (κ2) is 6.13. The van der Waals surface area contributed by atoms with Crippen molar-refractivity contribution in [2.45, 2.75) is 6.92 Å². The van der Waals surface area contributed by atoms with Gasteiger partial charge in [0, 0.05) is 17.2 Å². The molecule has 108 valence electrons. The summed E-state index contributed by atoms with van der Waals surface area (Å²) in [5.41, 5.74) is 3.44. The van der Waals surface area contributed by atoms with E-state index in [1.807, 2.05) is 6.92 Å². The van der Waals surface area contributed by atoms with Crippen molar-refractivity contribution >= 4 is 12.1 Å². The van der Waals surface area contributed by atoms with Crippen molar-refractivity contribution in [3.63, 3.8) is 0 Å². The lowest BCUT2D eigenvalue weighted by Gasteiger charge is -2.02. The molecule has 0 saturated heterocycles. The van der Waals surface area contributed by atoms with Crippen molar-refractivity contribution in [2.75, 3.05) is 0 Å². The van der Waals surface area contributed by atoms with E-state index >= 15 is 0 Å². The molecule has 2 aromatic rings. The molecule has 0 saturated carbocycles. The number of nitrogens with zero attached hydrogens (tertiary/aromatic N) is 1. The van der Waals surface area contributed by atoms with Crippen LogP contribution in [0.15, 0.2) is 41.5 Å². The zero-order chi connectivity index (χ0) is 15.4. The monoisotopic (exact) mass is 290 g/mol. The van der Waals surface area contributed by atoms with Crippen LogP contribution < -0.4 is 5.43 Å². The quantitative estimate of drug-likeness (QED) is 0.674. The van der Waals surface area contributed by atoms with E-state index in [1.165, 1.54) is 0 Å². The predicted octanol–water partition coefficient (Wildman–Crippen LogP) is 2.74. The van der Waals surface area contributed by atoms with Gasteiger partial charge in [-0.05, 0) is 25.1 Å². The molecule has 0 spiro atoms. The van der Waals surface area contributed by atoms with Crippen molar-refractivity contribution in [3.05, 3.63) is 64.7 Å². The Labute approximate surface area is 119 Å². The van der Waals surface area contributed by atoms with Crippen LogP contribution in [0.3, 0.4) is 0 Å². The molecule has 0 aliphatic rings. The van der Waals surface area contributed by atoms with Crippen LogP contribution in [0.1, 0.15) is 21.5 Å². The van der Waals surface area contributed by atoms with Crippen LogP contribution in [-0.4, -0.2) is 17.2 Å². The van der Waals surface area contributed by atoms with Gasteiger partial charge in [-0.2, -0.15) is 5.10 Å². The van der Waals surface area contributed by atoms with Crippen LogP contribution in [0.5, 0.6) is 5.75 Å². The van der Waals surface area contributed by atoms with Gasteiger partial charge >= 0.3 is 0 Å². The minimum Gasteiger partial charge on any atom is -0.504 e. The Morgan fingerprint density at radius 2 is 1.90 bits per heavy atom. The number of phenolic OH excluding ortho intramolecular Hbond substituents is 1. The van der Waals surface area contributed by atoms with Gasteiger partial charge in [-0.15, -0.1) is 0 Å². The third-order valence-electron chi connectivity index (χ3n) is 2.74. The molecule has 6 heteroatoms. The summed E-state index contributed by atoms with van der Waals surface area (Å²) in [4.78, 5) is 11.7. The summed E-state index contributed by atoms with van der Waals surface area (Å²) >= 11 is 0. The summed E-state index contributed by atoms with van der Waals surface area (Å²) in [5, 5.41) is 13.0. The zero-order valence-corrected chi connectivity index (χ0v) is 11.1. The maximum atomic E-state index is 13.1. The van der Waals surface area contributed by atoms with Gasteiger partial charge in [-0.1, -0.05) is 17.7 Å². The number of nitrogens with one attached hydrogen (secondary N) is 1. The molecule has 21 heavy (non-hydrogen) atoms. The van der Waals surface area contributed by atoms with Crippen LogP contribution in [-0.2, 0) is 0 Å². The smallest absolute Gasteiger partial charge is 0.271 e. The maximum absolute atomic E-state index is 13.1. The van der Waals surface area contributed by atoms with Crippen molar-refractivity contribution < 1.29 is 18.7 Å². The van der Waals surface area contributed by atoms with Crippen molar-refractivity contribution in [2.24, 2.45) is 5.10 Å². The lowest BCUT2D eigenvalue weighted by Crippen LogP contribution is -2.17. The van der Waals surface area contributed by atoms with E-state index < -0.39 is 23.3 Å². The third-order valence-corrected chi connectivity index (χ3v) is 2.74. The third kappa shape index (κ3) is 3.62. The highest BCUT2D eigenvalue weighted by molar-refractivity contribution is 5.95. The highest BCUT2D eigenvalue weighted by atomic mass is 19.1. The average Bonchev–Trinajstić information content (AvgIpc) is 2.44. The fraction of sp³-hybridized carbons (Fsp3) is 0.0667. The van der Waals surface area contributed by atoms with Crippen molar-refractivity contribution in [1.29, 1.82) is 0 Å². The molecule has 0 aromatic heterocycles. The molecule has 0 aliphatic heterocycles. The first-order valence-corrected chi connectivity index (χ1v) is 6.05. The zero-order valence-electron chi connectivity index (χ0n) is 11.1. The van der Waals surface area contributed by atoms with E-state index in [-0.39, 0.29) is 5.56 Å². The van der Waals surface area contributed by atoms with Crippen LogP contribution in [0.2, 0.25) is 0 Å². The Kier molecular flexibility index (Phi) is 4.27. The van der Waals surface area contributed by atoms with Gasteiger partial charge in [-0.3, -0.25) is 4.79 Å². The second-order valence-electron chi connectivity index (χ2n) is 4.39. The molecule has 0 bridgehead atoms. The van der Waals surface area contributed by atoms with Gasteiger partial charge in [0.25, 0.3) is 5.91 Å². The number of hydrogen-bond acceptors (Lipinski definition) is 3. The van der Waals surface area contributed by atoms with Crippen molar-refractivity contribution in [3.8, 4) is 5.75 Å². The van der Waals surface area contributed by atoms with Gasteiger partial charge in [-0.25, -0.2) is 14.2 Å². The minimum absolute atomic E-state index is 0.170. The molecule has 2 aromatic carbocycles. The Morgan fingerprint density at radius 1 is 1.24 bits per heavy atom. The molecular formula is C15H12F2N2O2. The molecule has 0 heterocycles. The van der Waals surface area contributed by atoms with Crippen LogP contribution in [0.25, 0.3) is 0 Å². The van der Waals surface area contributed by atoms with Gasteiger partial charge in [0.15, 0.2) is 11.6 Å². The standard InChI is InChI=1S/C15H12F2N2O2/c1-9-2-4-10(5-3-9)15(21)19-18-8-11-6-12(16)7-13(17)14(11)20/h2-8,20H,1H3,(H,19,21). The second-order valence-corrected chi connectivity index (χ2v) is 4.39. The van der Waals surface area contributed by atoms with Gasteiger partial charge in [0.1, 0.15) is 5.82 Å². The summed E-state index contributed by atoms with van der Waals surface area (Å²) < 4.78 is 26.1. The Morgan fingerprint density at radius 3 is 2.57 bits per heavy atom. The molecule has 0 unspecified atom stereocenters. The number of benzene rings is 2. The highest BCUT2D eigenvalue weighted by Gasteiger charge is 2.08. The number of carbonyl (C=O) groups is 1. The number of amides is 1. The number of aryl methyl sites for hydroxylation is 1. The largest absolute Gasteiger partial charge is 0.504 e. The van der Waals surface area contributed by atoms with Crippen LogP contribution in [0, 0.1) is 18.6 Å². The molecule has 4 nitrogen and oxygen atoms in total. The lowest BCUT2D eigenvalue weighted by atomic mass is 10.1. The van der Waals surface area contributed by atoms with E-state index in [1.54, 1.807) is 24.3 Å². The van der Waals surface area contributed by atoms with Gasteiger partial charge in [0.05, 0.1) is 6.21 Å². The van der Waals surface area contributed by atoms with E-state index in [9.17, 15) is 18.7 Å². The summed E-state index contributed by atoms with van der Waals surface area (Å²) in [7, 11) is 0. The van der Waals surface area contributed by atoms with Crippen LogP contribution >= 0.6 is 0 Å². The Hall–Kier alpha value is -2.76. The molecule has 0 aliphatic carbocycles. The number of hydrazone groups is 1. The van der Waals surface area contributed by atoms with E-state index in [4.69, 9.17) is 0 Å². The Balaban J connectivity index is 2.09. The summed E-state index contributed by atoms with van der Waals surface area (Å²) in [6, 6.07) is 8.25. The number of carbonyl (C=O) groups excluding carboxylic acids is 1. The van der Waals surface area contributed by atoms with E-state index in [2.05, 4.69) is 10.5 Å². The predicted molar refractivity (Wildman–Crippen MR) is 74.3 cm³/mol. The summed E-state index contributed by atoms with van der Waals surface area (Å²) in [6.45, 7) is 1.89. The van der Waals surface area contributed by atoms with Gasteiger partial charge < -0.3 is 5.11 Å². The molecule has 0 radical (unpaired) electrons. The lowest BCUT2D eigenvalue weighted by molar-refractivity contribution is 0.0955. The fourth-order valence-electron chi connectivity index (χ4n) is 1.61. The molecule has 0 fully saturated rings. The molecule has 1 amide bonds. The normalized spacial score (nSPS) is 10.8. The number of phenols is 1. The minimum atomic E-state index is -1.10. The first-order chi connectivity index (χ1) is 9.97. The van der Waals surface area contributed by atoms with E-state index in [0.29, 0.717) is 11.6 Å². The SMILES string of the molecule is Cc1ccc(C(=O)NN=Cc2cc(F)cc(F)c2O)cc1. The number of halogens is 2. The topological polar surface area (TPSA) is 61.7 Å². The highest BCUT2D eigenvalue weighted by Crippen LogP contribution is 2.20. The van der Waals surface area contributed by atoms with Crippen molar-refractivity contribution in [1.82, 2.24) is 5.43 Å². The average molecular weight is 290 g/mol. The molecular weight excluding hydrogens is 278 g/mol. The molecule has 2 N–H and O–H groups in total. The molecule has 2 rings (SSSR count). The number of hydrogen-bond donors (Lipinski definition) is 2. The first kappa shape index (κ1) is 14.6. The summed E-state index contributed by atoms with van der Waals surface area (Å²) in [5.74, 6) is -3.15. The Bertz CT molecular complexity index is 698. The molecule has 0 atom stereocenters. The first-order valence-electron chi connectivity index (χ1n) is 6.05. The van der Waals surface area contributed by atoms with Gasteiger partial charge in [0.2, 0.25) is 0 Å². The maximum Gasteiger partial charge on any atom is 0.271 e. The fourth-order valence-corrected chi connectivity index (χ4v) is 1.61. The number of rotatable bonds is 3. The van der Waals surface area contributed by atoms with Crippen LogP contribution in [0.4, 0.5) is 8.78 Å².